The van der Waals surface area contributed by atoms with E-state index in [0.29, 0.717) is 24.4 Å². The van der Waals surface area contributed by atoms with Gasteiger partial charge in [-0.05, 0) is 37.2 Å². The predicted octanol–water partition coefficient (Wildman–Crippen LogP) is 2.29. The van der Waals surface area contributed by atoms with Gasteiger partial charge in [-0.25, -0.2) is 9.37 Å². The molecule has 2 aromatic rings. The van der Waals surface area contributed by atoms with Crippen LogP contribution in [0, 0.1) is 12.7 Å². The van der Waals surface area contributed by atoms with Gasteiger partial charge in [-0.15, -0.1) is 0 Å². The van der Waals surface area contributed by atoms with E-state index in [0.717, 1.165) is 11.3 Å². The molecule has 4 heteroatoms. The van der Waals surface area contributed by atoms with Gasteiger partial charge in [0.15, 0.2) is 0 Å². The summed E-state index contributed by atoms with van der Waals surface area (Å²) in [4.78, 5) is 4.27. The standard InChI is InChI=1S/C12H13FN2O/c1-8-6-9(2-3-11(8)13)12-15-10(4-5-14)7-16-12/h2-3,6-7H,4-5,14H2,1H3. The van der Waals surface area contributed by atoms with Crippen molar-refractivity contribution in [2.24, 2.45) is 5.73 Å². The minimum atomic E-state index is -0.225. The van der Waals surface area contributed by atoms with Crippen LogP contribution in [-0.4, -0.2) is 11.5 Å². The Morgan fingerprint density at radius 3 is 2.94 bits per heavy atom. The lowest BCUT2D eigenvalue weighted by Crippen LogP contribution is -2.02. The molecule has 2 rings (SSSR count). The van der Waals surface area contributed by atoms with Crippen molar-refractivity contribution in [2.75, 3.05) is 6.54 Å². The van der Waals surface area contributed by atoms with Crippen LogP contribution in [0.1, 0.15) is 11.3 Å². The molecule has 0 bridgehead atoms. The van der Waals surface area contributed by atoms with Crippen LogP contribution in [-0.2, 0) is 6.42 Å². The fourth-order valence-corrected chi connectivity index (χ4v) is 1.48. The Morgan fingerprint density at radius 1 is 1.44 bits per heavy atom. The van der Waals surface area contributed by atoms with Crippen LogP contribution in [0.15, 0.2) is 28.9 Å². The third kappa shape index (κ3) is 2.12. The molecule has 0 spiro atoms. The van der Waals surface area contributed by atoms with Crippen LogP contribution in [0.25, 0.3) is 11.5 Å². The number of aryl methyl sites for hydroxylation is 1. The number of aromatic nitrogens is 1. The maximum Gasteiger partial charge on any atom is 0.226 e. The highest BCUT2D eigenvalue weighted by atomic mass is 19.1. The van der Waals surface area contributed by atoms with E-state index in [-0.39, 0.29) is 5.82 Å². The quantitative estimate of drug-likeness (QED) is 0.863. The first-order valence-electron chi connectivity index (χ1n) is 5.11. The van der Waals surface area contributed by atoms with Gasteiger partial charge in [0.1, 0.15) is 12.1 Å². The number of nitrogens with zero attached hydrogens (tertiary/aromatic N) is 1. The fraction of sp³-hybridized carbons (Fsp3) is 0.250. The van der Waals surface area contributed by atoms with Crippen molar-refractivity contribution in [1.82, 2.24) is 4.98 Å². The van der Waals surface area contributed by atoms with Crippen molar-refractivity contribution in [1.29, 1.82) is 0 Å². The van der Waals surface area contributed by atoms with Gasteiger partial charge in [0.05, 0.1) is 5.69 Å². The van der Waals surface area contributed by atoms with Crippen molar-refractivity contribution in [3.8, 4) is 11.5 Å². The summed E-state index contributed by atoms with van der Waals surface area (Å²) in [6, 6.07) is 4.78. The molecule has 0 amide bonds. The second-order valence-corrected chi connectivity index (χ2v) is 3.65. The monoisotopic (exact) mass is 220 g/mol. The van der Waals surface area contributed by atoms with Crippen LogP contribution in [0.3, 0.4) is 0 Å². The van der Waals surface area contributed by atoms with E-state index in [9.17, 15) is 4.39 Å². The van der Waals surface area contributed by atoms with Crippen LogP contribution in [0.5, 0.6) is 0 Å². The summed E-state index contributed by atoms with van der Waals surface area (Å²) < 4.78 is 18.4. The van der Waals surface area contributed by atoms with Crippen molar-refractivity contribution >= 4 is 0 Å². The van der Waals surface area contributed by atoms with Crippen molar-refractivity contribution in [3.05, 3.63) is 41.5 Å². The van der Waals surface area contributed by atoms with Gasteiger partial charge in [0.25, 0.3) is 0 Å². The number of halogens is 1. The molecule has 2 N–H and O–H groups in total. The zero-order valence-corrected chi connectivity index (χ0v) is 9.03. The highest BCUT2D eigenvalue weighted by Gasteiger charge is 2.07. The summed E-state index contributed by atoms with van der Waals surface area (Å²) in [5.74, 6) is 0.282. The Labute approximate surface area is 93.1 Å². The van der Waals surface area contributed by atoms with E-state index < -0.39 is 0 Å². The zero-order valence-electron chi connectivity index (χ0n) is 9.03. The molecule has 0 aliphatic rings. The molecule has 0 atom stereocenters. The Hall–Kier alpha value is -1.68. The summed E-state index contributed by atoms with van der Waals surface area (Å²) in [5.41, 5.74) is 7.60. The summed E-state index contributed by atoms with van der Waals surface area (Å²) in [5, 5.41) is 0. The lowest BCUT2D eigenvalue weighted by molar-refractivity contribution is 0.571. The highest BCUT2D eigenvalue weighted by Crippen LogP contribution is 2.21. The number of benzene rings is 1. The molecule has 1 aromatic carbocycles. The number of oxazole rings is 1. The van der Waals surface area contributed by atoms with E-state index in [1.165, 1.54) is 6.07 Å². The number of nitrogens with two attached hydrogens (primary N) is 1. The normalized spacial score (nSPS) is 10.7. The minimum Gasteiger partial charge on any atom is -0.444 e. The first-order valence-corrected chi connectivity index (χ1v) is 5.11. The van der Waals surface area contributed by atoms with Crippen molar-refractivity contribution < 1.29 is 8.81 Å². The predicted molar refractivity (Wildman–Crippen MR) is 59.4 cm³/mol. The molecule has 0 aliphatic carbocycles. The molecule has 1 heterocycles. The molecule has 84 valence electrons. The molecule has 0 fully saturated rings. The maximum absolute atomic E-state index is 13.1. The van der Waals surface area contributed by atoms with E-state index in [4.69, 9.17) is 10.2 Å². The molecule has 3 nitrogen and oxygen atoms in total. The number of rotatable bonds is 3. The van der Waals surface area contributed by atoms with Gasteiger partial charge >= 0.3 is 0 Å². The van der Waals surface area contributed by atoms with Gasteiger partial charge in [-0.3, -0.25) is 0 Å². The molecule has 1 aromatic heterocycles. The molecule has 0 saturated carbocycles. The number of hydrogen-bond donors (Lipinski definition) is 1. The second kappa shape index (κ2) is 4.45. The van der Waals surface area contributed by atoms with Crippen LogP contribution < -0.4 is 5.73 Å². The van der Waals surface area contributed by atoms with Crippen LogP contribution in [0.4, 0.5) is 4.39 Å². The Bertz CT molecular complexity index is 494. The average molecular weight is 220 g/mol. The lowest BCUT2D eigenvalue weighted by Gasteiger charge is -1.98. The van der Waals surface area contributed by atoms with Crippen LogP contribution in [0.2, 0.25) is 0 Å². The van der Waals surface area contributed by atoms with Gasteiger partial charge < -0.3 is 10.2 Å². The second-order valence-electron chi connectivity index (χ2n) is 3.65. The summed E-state index contributed by atoms with van der Waals surface area (Å²) in [6.07, 6.45) is 2.27. The maximum atomic E-state index is 13.1. The van der Waals surface area contributed by atoms with Crippen LogP contribution >= 0.6 is 0 Å². The zero-order chi connectivity index (χ0) is 11.5. The lowest BCUT2D eigenvalue weighted by atomic mass is 10.1. The Morgan fingerprint density at radius 2 is 2.25 bits per heavy atom. The highest BCUT2D eigenvalue weighted by molar-refractivity contribution is 5.54. The van der Waals surface area contributed by atoms with Gasteiger partial charge in [0.2, 0.25) is 5.89 Å². The minimum absolute atomic E-state index is 0.225. The largest absolute Gasteiger partial charge is 0.444 e. The smallest absolute Gasteiger partial charge is 0.226 e. The van der Waals surface area contributed by atoms with Gasteiger partial charge in [0, 0.05) is 12.0 Å². The van der Waals surface area contributed by atoms with Gasteiger partial charge in [-0.2, -0.15) is 0 Å². The van der Waals surface area contributed by atoms with E-state index in [2.05, 4.69) is 4.98 Å². The van der Waals surface area contributed by atoms with E-state index in [1.54, 1.807) is 25.3 Å². The Balaban J connectivity index is 2.31. The third-order valence-electron chi connectivity index (χ3n) is 2.36. The third-order valence-corrected chi connectivity index (χ3v) is 2.36. The summed E-state index contributed by atoms with van der Waals surface area (Å²) in [7, 11) is 0. The van der Waals surface area contributed by atoms with E-state index >= 15 is 0 Å². The first kappa shape index (κ1) is 10.8. The molecule has 16 heavy (non-hydrogen) atoms. The molecule has 0 radical (unpaired) electrons. The topological polar surface area (TPSA) is 52.0 Å². The average Bonchev–Trinajstić information content (AvgIpc) is 2.71. The summed E-state index contributed by atoms with van der Waals surface area (Å²) in [6.45, 7) is 2.25. The Kier molecular flexibility index (Phi) is 3.01. The summed E-state index contributed by atoms with van der Waals surface area (Å²) >= 11 is 0. The molecular weight excluding hydrogens is 207 g/mol. The van der Waals surface area contributed by atoms with Crippen molar-refractivity contribution in [2.45, 2.75) is 13.3 Å². The SMILES string of the molecule is Cc1cc(-c2nc(CCN)co2)ccc1F. The molecule has 0 aliphatic heterocycles. The van der Waals surface area contributed by atoms with Crippen molar-refractivity contribution in [3.63, 3.8) is 0 Å². The molecule has 0 unspecified atom stereocenters. The molecular formula is C12H13FN2O. The van der Waals surface area contributed by atoms with Gasteiger partial charge in [-0.1, -0.05) is 0 Å². The first-order chi connectivity index (χ1) is 7.70. The van der Waals surface area contributed by atoms with E-state index in [1.807, 2.05) is 0 Å². The fourth-order valence-electron chi connectivity index (χ4n) is 1.48. The molecule has 0 saturated heterocycles. The number of hydrogen-bond acceptors (Lipinski definition) is 3.